The number of hydrogen-bond donors (Lipinski definition) is 1. The van der Waals surface area contributed by atoms with Gasteiger partial charge >= 0.3 is 0 Å². The Balaban J connectivity index is 2.75. The summed E-state index contributed by atoms with van der Waals surface area (Å²) in [6.45, 7) is 7.88. The Kier molecular flexibility index (Phi) is 4.11. The maximum Gasteiger partial charge on any atom is 0.225 e. The molecule has 2 nitrogen and oxygen atoms in total. The van der Waals surface area contributed by atoms with E-state index < -0.39 is 0 Å². The van der Waals surface area contributed by atoms with Gasteiger partial charge < -0.3 is 5.32 Å². The zero-order valence-corrected chi connectivity index (χ0v) is 10.6. The molecule has 0 unspecified atom stereocenters. The van der Waals surface area contributed by atoms with Crippen LogP contribution in [-0.4, -0.2) is 5.91 Å². The van der Waals surface area contributed by atoms with Crippen LogP contribution in [0.1, 0.15) is 45.7 Å². The van der Waals surface area contributed by atoms with Crippen molar-refractivity contribution in [3.05, 3.63) is 35.9 Å². The van der Waals surface area contributed by atoms with Crippen LogP contribution < -0.4 is 5.32 Å². The molecule has 1 amide bonds. The summed E-state index contributed by atoms with van der Waals surface area (Å²) in [6.07, 6.45) is 0.909. The van der Waals surface area contributed by atoms with Gasteiger partial charge in [-0.05, 0) is 12.0 Å². The van der Waals surface area contributed by atoms with Crippen LogP contribution in [0.25, 0.3) is 0 Å². The molecular weight excluding hydrogens is 198 g/mol. The number of amides is 1. The molecule has 2 heteroatoms. The molecule has 0 spiro atoms. The molecule has 1 aromatic carbocycles. The zero-order valence-electron chi connectivity index (χ0n) is 10.6. The first kappa shape index (κ1) is 12.8. The molecule has 1 atom stereocenters. The molecular formula is C14H21NO. The Morgan fingerprint density at radius 2 is 1.81 bits per heavy atom. The maximum atomic E-state index is 11.9. The lowest BCUT2D eigenvalue weighted by atomic mass is 9.94. The topological polar surface area (TPSA) is 29.1 Å². The van der Waals surface area contributed by atoms with Gasteiger partial charge in [-0.2, -0.15) is 0 Å². The fourth-order valence-corrected chi connectivity index (χ4v) is 1.48. The SMILES string of the molecule is CC[C@H](NC(=O)C(C)(C)C)c1ccccc1. The minimum absolute atomic E-state index is 0.100. The molecule has 0 aliphatic heterocycles. The van der Waals surface area contributed by atoms with Gasteiger partial charge in [0.05, 0.1) is 6.04 Å². The van der Waals surface area contributed by atoms with E-state index >= 15 is 0 Å². The van der Waals surface area contributed by atoms with E-state index in [0.29, 0.717) is 0 Å². The molecule has 0 heterocycles. The van der Waals surface area contributed by atoms with E-state index in [1.54, 1.807) is 0 Å². The number of hydrogen-bond acceptors (Lipinski definition) is 1. The van der Waals surface area contributed by atoms with Crippen molar-refractivity contribution in [2.75, 3.05) is 0 Å². The van der Waals surface area contributed by atoms with Gasteiger partial charge in [-0.25, -0.2) is 0 Å². The third-order valence-corrected chi connectivity index (χ3v) is 2.60. The lowest BCUT2D eigenvalue weighted by molar-refractivity contribution is -0.129. The van der Waals surface area contributed by atoms with Crippen molar-refractivity contribution < 1.29 is 4.79 Å². The third kappa shape index (κ3) is 3.37. The third-order valence-electron chi connectivity index (χ3n) is 2.60. The second kappa shape index (κ2) is 5.15. The molecule has 88 valence electrons. The first-order chi connectivity index (χ1) is 7.45. The standard InChI is InChI=1S/C14H21NO/c1-5-12(11-9-7-6-8-10-11)15-13(16)14(2,3)4/h6-10,12H,5H2,1-4H3,(H,15,16)/t12-/m0/s1. The smallest absolute Gasteiger partial charge is 0.225 e. The normalized spacial score (nSPS) is 13.2. The summed E-state index contributed by atoms with van der Waals surface area (Å²) in [5, 5.41) is 3.08. The van der Waals surface area contributed by atoms with Gasteiger partial charge in [0.2, 0.25) is 5.91 Å². The predicted molar refractivity (Wildman–Crippen MR) is 67.1 cm³/mol. The average molecular weight is 219 g/mol. The molecule has 0 aliphatic rings. The monoisotopic (exact) mass is 219 g/mol. The molecule has 0 radical (unpaired) electrons. The molecule has 0 saturated heterocycles. The summed E-state index contributed by atoms with van der Waals surface area (Å²) >= 11 is 0. The van der Waals surface area contributed by atoms with Crippen LogP contribution in [0.5, 0.6) is 0 Å². The number of carbonyl (C=O) groups is 1. The summed E-state index contributed by atoms with van der Waals surface area (Å²) in [5.41, 5.74) is 0.838. The van der Waals surface area contributed by atoms with Crippen molar-refractivity contribution in [1.29, 1.82) is 0 Å². The highest BCUT2D eigenvalue weighted by atomic mass is 16.2. The molecule has 16 heavy (non-hydrogen) atoms. The Morgan fingerprint density at radius 1 is 1.25 bits per heavy atom. The van der Waals surface area contributed by atoms with E-state index in [9.17, 15) is 4.79 Å². The first-order valence-electron chi connectivity index (χ1n) is 5.81. The number of benzene rings is 1. The fourth-order valence-electron chi connectivity index (χ4n) is 1.48. The first-order valence-corrected chi connectivity index (χ1v) is 5.81. The van der Waals surface area contributed by atoms with Crippen molar-refractivity contribution in [3.63, 3.8) is 0 Å². The lowest BCUT2D eigenvalue weighted by Gasteiger charge is -2.23. The van der Waals surface area contributed by atoms with E-state index in [1.165, 1.54) is 5.56 Å². The van der Waals surface area contributed by atoms with Crippen molar-refractivity contribution in [2.24, 2.45) is 5.41 Å². The zero-order chi connectivity index (χ0) is 12.2. The van der Waals surface area contributed by atoms with Gasteiger partial charge in [0.1, 0.15) is 0 Å². The second-order valence-electron chi connectivity index (χ2n) is 5.09. The highest BCUT2D eigenvalue weighted by Gasteiger charge is 2.23. The van der Waals surface area contributed by atoms with Crippen LogP contribution in [0.15, 0.2) is 30.3 Å². The van der Waals surface area contributed by atoms with Crippen LogP contribution in [0, 0.1) is 5.41 Å². The van der Waals surface area contributed by atoms with Crippen LogP contribution in [0.2, 0.25) is 0 Å². The van der Waals surface area contributed by atoms with Gasteiger partial charge in [-0.15, -0.1) is 0 Å². The molecule has 0 fully saturated rings. The molecule has 0 aromatic heterocycles. The lowest BCUT2D eigenvalue weighted by Crippen LogP contribution is -2.37. The predicted octanol–water partition coefficient (Wildman–Crippen LogP) is 3.30. The Bertz CT molecular complexity index is 338. The number of rotatable bonds is 3. The summed E-state index contributed by atoms with van der Waals surface area (Å²) in [6, 6.07) is 10.2. The molecule has 1 rings (SSSR count). The summed E-state index contributed by atoms with van der Waals surface area (Å²) in [5.74, 6) is 0.100. The summed E-state index contributed by atoms with van der Waals surface area (Å²) < 4.78 is 0. The van der Waals surface area contributed by atoms with Crippen LogP contribution in [0.4, 0.5) is 0 Å². The molecule has 1 aromatic rings. The molecule has 0 bridgehead atoms. The summed E-state index contributed by atoms with van der Waals surface area (Å²) in [4.78, 5) is 11.9. The Labute approximate surface area is 98.1 Å². The molecule has 1 N–H and O–H groups in total. The van der Waals surface area contributed by atoms with Gasteiger partial charge in [0.15, 0.2) is 0 Å². The largest absolute Gasteiger partial charge is 0.349 e. The van der Waals surface area contributed by atoms with E-state index in [0.717, 1.165) is 6.42 Å². The van der Waals surface area contributed by atoms with Crippen molar-refractivity contribution in [3.8, 4) is 0 Å². The number of nitrogens with one attached hydrogen (secondary N) is 1. The van der Waals surface area contributed by atoms with Crippen LogP contribution >= 0.6 is 0 Å². The molecule has 0 aliphatic carbocycles. The van der Waals surface area contributed by atoms with Crippen molar-refractivity contribution in [2.45, 2.75) is 40.2 Å². The van der Waals surface area contributed by atoms with E-state index in [-0.39, 0.29) is 17.4 Å². The second-order valence-corrected chi connectivity index (χ2v) is 5.09. The van der Waals surface area contributed by atoms with Gasteiger partial charge in [-0.3, -0.25) is 4.79 Å². The fraction of sp³-hybridized carbons (Fsp3) is 0.500. The van der Waals surface area contributed by atoms with E-state index in [4.69, 9.17) is 0 Å². The van der Waals surface area contributed by atoms with E-state index in [2.05, 4.69) is 24.4 Å². The van der Waals surface area contributed by atoms with E-state index in [1.807, 2.05) is 39.0 Å². The van der Waals surface area contributed by atoms with Crippen LogP contribution in [-0.2, 0) is 4.79 Å². The quantitative estimate of drug-likeness (QED) is 0.830. The highest BCUT2D eigenvalue weighted by molar-refractivity contribution is 5.81. The number of carbonyl (C=O) groups excluding carboxylic acids is 1. The van der Waals surface area contributed by atoms with Gasteiger partial charge in [0, 0.05) is 5.41 Å². The van der Waals surface area contributed by atoms with Crippen LogP contribution in [0.3, 0.4) is 0 Å². The highest BCUT2D eigenvalue weighted by Crippen LogP contribution is 2.20. The average Bonchev–Trinajstić information content (AvgIpc) is 2.25. The molecule has 0 saturated carbocycles. The van der Waals surface area contributed by atoms with Crippen molar-refractivity contribution in [1.82, 2.24) is 5.32 Å². The van der Waals surface area contributed by atoms with Gasteiger partial charge in [-0.1, -0.05) is 58.0 Å². The van der Waals surface area contributed by atoms with Crippen molar-refractivity contribution >= 4 is 5.91 Å². The minimum Gasteiger partial charge on any atom is -0.349 e. The Hall–Kier alpha value is -1.31. The van der Waals surface area contributed by atoms with Gasteiger partial charge in [0.25, 0.3) is 0 Å². The Morgan fingerprint density at radius 3 is 2.25 bits per heavy atom. The summed E-state index contributed by atoms with van der Waals surface area (Å²) in [7, 11) is 0. The minimum atomic E-state index is -0.331. The maximum absolute atomic E-state index is 11.9.